The molecule has 0 aromatic rings. The van der Waals surface area contributed by atoms with Gasteiger partial charge in [0.2, 0.25) is 0 Å². The molecule has 7 heavy (non-hydrogen) atoms. The Labute approximate surface area is 57.6 Å². The Morgan fingerprint density at radius 1 is 0.714 bits per heavy atom. The second-order valence-electron chi connectivity index (χ2n) is 0.167. The molecular weight excluding hydrogens is 229 g/mol. The molecule has 0 aliphatic rings. The molecule has 0 aromatic heterocycles. The molecule has 0 saturated carbocycles. The summed E-state index contributed by atoms with van der Waals surface area (Å²) in [5.74, 6) is 0. The molecule has 0 rings (SSSR count). The van der Waals surface area contributed by atoms with Gasteiger partial charge in [-0.2, -0.15) is 0 Å². The molecule has 0 fully saturated rings. The van der Waals surface area contributed by atoms with E-state index in [4.69, 9.17) is 19.6 Å². The SMILES string of the molecule is [O-]P[O-].[O-]P[O-].[Rh]. The first-order valence-electron chi connectivity index (χ1n) is 0.816. The van der Waals surface area contributed by atoms with Crippen molar-refractivity contribution in [1.29, 1.82) is 0 Å². The van der Waals surface area contributed by atoms with Gasteiger partial charge in [-0.3, -0.25) is 0 Å². The van der Waals surface area contributed by atoms with Gasteiger partial charge in [-0.05, 0) is 0 Å². The van der Waals surface area contributed by atoms with Gasteiger partial charge in [0, 0.05) is 19.5 Å². The number of rotatable bonds is 0. The van der Waals surface area contributed by atoms with Crippen molar-refractivity contribution in [2.24, 2.45) is 0 Å². The summed E-state index contributed by atoms with van der Waals surface area (Å²) < 4.78 is 0. The molecule has 49 valence electrons. The van der Waals surface area contributed by atoms with Gasteiger partial charge in [0.1, 0.15) is 0 Å². The monoisotopic (exact) mass is 231 g/mol. The van der Waals surface area contributed by atoms with Crippen LogP contribution in [0.15, 0.2) is 0 Å². The van der Waals surface area contributed by atoms with Gasteiger partial charge in [-0.25, -0.2) is 0 Å². The zero-order valence-electron chi connectivity index (χ0n) is 2.97. The molecule has 0 aliphatic heterocycles. The van der Waals surface area contributed by atoms with E-state index in [0.29, 0.717) is 0 Å². The van der Waals surface area contributed by atoms with E-state index in [2.05, 4.69) is 0 Å². The third-order valence-corrected chi connectivity index (χ3v) is 0. The molecule has 4 nitrogen and oxygen atoms in total. The minimum absolute atomic E-state index is 0. The Bertz CT molecular complexity index is 11.7. The first kappa shape index (κ1) is 15.8. The Balaban J connectivity index is -0.0000000400. The van der Waals surface area contributed by atoms with Crippen LogP contribution in [-0.4, -0.2) is 0 Å². The molecule has 1 radical (unpaired) electrons. The summed E-state index contributed by atoms with van der Waals surface area (Å²) in [4.78, 5) is 33.6. The number of hydrogen-bond donors (Lipinski definition) is 0. The van der Waals surface area contributed by atoms with E-state index < -0.39 is 18.1 Å². The van der Waals surface area contributed by atoms with Gasteiger partial charge < -0.3 is 37.6 Å². The van der Waals surface area contributed by atoms with Gasteiger partial charge >= 0.3 is 0 Å². The Kier molecular flexibility index (Phi) is 59.7. The predicted molar refractivity (Wildman–Crippen MR) is 16.6 cm³/mol. The fraction of sp³-hybridized carbons (Fsp3) is 0. The van der Waals surface area contributed by atoms with Crippen LogP contribution in [0.25, 0.3) is 0 Å². The van der Waals surface area contributed by atoms with Gasteiger partial charge in [0.05, 0.1) is 0 Å². The second-order valence-corrected chi connectivity index (χ2v) is 0.500. The summed E-state index contributed by atoms with van der Waals surface area (Å²) in [7, 11) is -2.83. The van der Waals surface area contributed by atoms with Crippen LogP contribution in [-0.2, 0) is 19.5 Å². The third-order valence-electron chi connectivity index (χ3n) is 0. The van der Waals surface area contributed by atoms with E-state index in [1.807, 2.05) is 0 Å². The normalized spacial score (nSPS) is 5.14. The summed E-state index contributed by atoms with van der Waals surface area (Å²) in [5, 5.41) is 0. The predicted octanol–water partition coefficient (Wildman–Crippen LogP) is -3.57. The van der Waals surface area contributed by atoms with E-state index in [0.717, 1.165) is 0 Å². The fourth-order valence-electron chi connectivity index (χ4n) is 0. The average Bonchev–Trinajstić information content (AvgIpc) is 1.39. The summed E-state index contributed by atoms with van der Waals surface area (Å²) in [6.45, 7) is 0. The minimum Gasteiger partial charge on any atom is -0.844 e. The van der Waals surface area contributed by atoms with Gasteiger partial charge in [-0.15, -0.1) is 0 Å². The first-order valence-corrected chi connectivity index (χ1v) is 2.45. The maximum Gasteiger partial charge on any atom is 0 e. The third kappa shape index (κ3) is 119. The Hall–Kier alpha value is 1.32. The zero-order chi connectivity index (χ0) is 5.41. The second kappa shape index (κ2) is 26.5. The van der Waals surface area contributed by atoms with Crippen LogP contribution in [0.2, 0.25) is 0 Å². The minimum atomic E-state index is -1.42. The largest absolute Gasteiger partial charge is 0.844 e. The first-order chi connectivity index (χ1) is 2.83. The van der Waals surface area contributed by atoms with E-state index in [-0.39, 0.29) is 19.5 Å². The summed E-state index contributed by atoms with van der Waals surface area (Å²) in [6, 6.07) is 0. The standard InChI is InChI=1S/2HO2P.Rh/c2*1-3-2;/h2*3H;/q2*-2;. The summed E-state index contributed by atoms with van der Waals surface area (Å²) >= 11 is 0. The summed E-state index contributed by atoms with van der Waals surface area (Å²) in [5.41, 5.74) is 0. The van der Waals surface area contributed by atoms with Gasteiger partial charge in [-0.1, -0.05) is 0 Å². The molecule has 0 spiro atoms. The molecule has 0 atom stereocenters. The van der Waals surface area contributed by atoms with Crippen molar-refractivity contribution in [2.45, 2.75) is 0 Å². The topological polar surface area (TPSA) is 92.2 Å². The maximum absolute atomic E-state index is 8.40. The summed E-state index contributed by atoms with van der Waals surface area (Å²) in [6.07, 6.45) is 0. The molecule has 7 heteroatoms. The molecule has 0 heterocycles. The molecule has 0 N–H and O–H groups in total. The average molecular weight is 231 g/mol. The molecule has 0 amide bonds. The van der Waals surface area contributed by atoms with E-state index in [1.165, 1.54) is 0 Å². The van der Waals surface area contributed by atoms with Crippen molar-refractivity contribution in [3.05, 3.63) is 0 Å². The van der Waals surface area contributed by atoms with Gasteiger partial charge in [0.25, 0.3) is 0 Å². The quantitative estimate of drug-likeness (QED) is 0.318. The van der Waals surface area contributed by atoms with Crippen molar-refractivity contribution in [1.82, 2.24) is 0 Å². The molecule has 0 saturated heterocycles. The van der Waals surface area contributed by atoms with Crippen LogP contribution < -0.4 is 19.6 Å². The maximum atomic E-state index is 8.40. The fourth-order valence-corrected chi connectivity index (χ4v) is 0. The molecular formula is H2O4P2Rh-4. The van der Waals surface area contributed by atoms with E-state index in [1.54, 1.807) is 0 Å². The van der Waals surface area contributed by atoms with Crippen LogP contribution in [0.3, 0.4) is 0 Å². The molecule has 0 aromatic carbocycles. The van der Waals surface area contributed by atoms with E-state index in [9.17, 15) is 0 Å². The van der Waals surface area contributed by atoms with Crippen molar-refractivity contribution >= 4 is 18.1 Å². The molecule has 0 bridgehead atoms. The zero-order valence-corrected chi connectivity index (χ0v) is 6.61. The van der Waals surface area contributed by atoms with Crippen molar-refractivity contribution in [3.63, 3.8) is 0 Å². The van der Waals surface area contributed by atoms with Gasteiger partial charge in [0.15, 0.2) is 0 Å². The van der Waals surface area contributed by atoms with Crippen LogP contribution in [0.5, 0.6) is 0 Å². The van der Waals surface area contributed by atoms with Crippen LogP contribution in [0.4, 0.5) is 0 Å². The van der Waals surface area contributed by atoms with Crippen molar-refractivity contribution in [2.75, 3.05) is 0 Å². The Morgan fingerprint density at radius 2 is 0.714 bits per heavy atom. The van der Waals surface area contributed by atoms with E-state index >= 15 is 0 Å². The van der Waals surface area contributed by atoms with Crippen LogP contribution >= 0.6 is 18.1 Å². The van der Waals surface area contributed by atoms with Crippen molar-refractivity contribution < 1.29 is 39.1 Å². The molecule has 0 unspecified atom stereocenters. The van der Waals surface area contributed by atoms with Crippen molar-refractivity contribution in [3.8, 4) is 0 Å². The molecule has 0 aliphatic carbocycles. The van der Waals surface area contributed by atoms with Crippen LogP contribution in [0.1, 0.15) is 0 Å². The Morgan fingerprint density at radius 3 is 0.714 bits per heavy atom. The van der Waals surface area contributed by atoms with Crippen LogP contribution in [0, 0.1) is 0 Å². The number of hydrogen-bond acceptors (Lipinski definition) is 4. The smallest absolute Gasteiger partial charge is 0 e.